The van der Waals surface area contributed by atoms with Crippen LogP contribution in [0, 0.1) is 0 Å². The Bertz CT molecular complexity index is 463. The number of benzene rings is 1. The SMILES string of the molecule is CCCCCC(C)(C)c1cc(O)c(O)c(C(=O)O)c1. The first-order valence-corrected chi connectivity index (χ1v) is 6.59. The van der Waals surface area contributed by atoms with Crippen LogP contribution >= 0.6 is 0 Å². The molecule has 0 radical (unpaired) electrons. The third-order valence-electron chi connectivity index (χ3n) is 3.51. The minimum atomic E-state index is -1.24. The van der Waals surface area contributed by atoms with Crippen LogP contribution in [-0.2, 0) is 5.41 Å². The molecule has 0 heterocycles. The predicted molar refractivity (Wildman–Crippen MR) is 73.9 cm³/mol. The number of phenolic OH excluding ortho intramolecular Hbond substituents is 1. The molecule has 1 aromatic rings. The van der Waals surface area contributed by atoms with E-state index in [1.54, 1.807) is 0 Å². The van der Waals surface area contributed by atoms with Crippen molar-refractivity contribution in [2.75, 3.05) is 0 Å². The molecule has 0 fully saturated rings. The van der Waals surface area contributed by atoms with E-state index < -0.39 is 11.7 Å². The summed E-state index contributed by atoms with van der Waals surface area (Å²) in [5.74, 6) is -2.18. The molecule has 0 saturated heterocycles. The number of aromatic hydroxyl groups is 2. The molecule has 0 spiro atoms. The second kappa shape index (κ2) is 5.95. The topological polar surface area (TPSA) is 77.8 Å². The van der Waals surface area contributed by atoms with Gasteiger partial charge in [-0.3, -0.25) is 0 Å². The zero-order valence-corrected chi connectivity index (χ0v) is 11.7. The Morgan fingerprint density at radius 2 is 1.84 bits per heavy atom. The van der Waals surface area contributed by atoms with Gasteiger partial charge in [-0.05, 0) is 29.5 Å². The van der Waals surface area contributed by atoms with Gasteiger partial charge >= 0.3 is 5.97 Å². The fourth-order valence-electron chi connectivity index (χ4n) is 2.13. The summed E-state index contributed by atoms with van der Waals surface area (Å²) in [7, 11) is 0. The van der Waals surface area contributed by atoms with Gasteiger partial charge in [0.25, 0.3) is 0 Å². The van der Waals surface area contributed by atoms with Crippen molar-refractivity contribution < 1.29 is 20.1 Å². The van der Waals surface area contributed by atoms with Crippen molar-refractivity contribution in [3.63, 3.8) is 0 Å². The Kier molecular flexibility index (Phi) is 4.81. The van der Waals surface area contributed by atoms with Gasteiger partial charge in [0, 0.05) is 0 Å². The zero-order chi connectivity index (χ0) is 14.6. The fraction of sp³-hybridized carbons (Fsp3) is 0.533. The van der Waals surface area contributed by atoms with Crippen molar-refractivity contribution in [2.45, 2.75) is 51.9 Å². The van der Waals surface area contributed by atoms with Gasteiger partial charge in [0.2, 0.25) is 0 Å². The monoisotopic (exact) mass is 266 g/mol. The smallest absolute Gasteiger partial charge is 0.339 e. The summed E-state index contributed by atoms with van der Waals surface area (Å²) >= 11 is 0. The first-order valence-electron chi connectivity index (χ1n) is 6.59. The highest BCUT2D eigenvalue weighted by molar-refractivity contribution is 5.92. The maximum atomic E-state index is 11.0. The van der Waals surface area contributed by atoms with Crippen LogP contribution in [0.5, 0.6) is 11.5 Å². The van der Waals surface area contributed by atoms with Crippen LogP contribution in [-0.4, -0.2) is 21.3 Å². The second-order valence-electron chi connectivity index (χ2n) is 5.54. The molecule has 4 heteroatoms. The highest BCUT2D eigenvalue weighted by Crippen LogP contribution is 2.37. The van der Waals surface area contributed by atoms with E-state index in [4.69, 9.17) is 5.11 Å². The standard InChI is InChI=1S/C15H22O4/c1-4-5-6-7-15(2,3)10-8-11(14(18)19)13(17)12(16)9-10/h8-9,16-17H,4-7H2,1-3H3,(H,18,19). The number of carboxylic acids is 1. The Morgan fingerprint density at radius 1 is 1.21 bits per heavy atom. The van der Waals surface area contributed by atoms with E-state index in [1.807, 2.05) is 13.8 Å². The van der Waals surface area contributed by atoms with E-state index in [9.17, 15) is 15.0 Å². The lowest BCUT2D eigenvalue weighted by Crippen LogP contribution is -2.17. The summed E-state index contributed by atoms with van der Waals surface area (Å²) in [4.78, 5) is 11.0. The first kappa shape index (κ1) is 15.3. The van der Waals surface area contributed by atoms with Crippen LogP contribution in [0.1, 0.15) is 62.4 Å². The number of unbranched alkanes of at least 4 members (excludes halogenated alkanes) is 2. The summed E-state index contributed by atoms with van der Waals surface area (Å²) in [6.07, 6.45) is 4.20. The van der Waals surface area contributed by atoms with E-state index in [0.717, 1.165) is 31.2 Å². The van der Waals surface area contributed by atoms with Crippen LogP contribution in [0.4, 0.5) is 0 Å². The Hall–Kier alpha value is -1.71. The van der Waals surface area contributed by atoms with E-state index in [-0.39, 0.29) is 16.7 Å². The van der Waals surface area contributed by atoms with Gasteiger partial charge in [-0.1, -0.05) is 40.0 Å². The van der Waals surface area contributed by atoms with Gasteiger partial charge in [-0.2, -0.15) is 0 Å². The summed E-state index contributed by atoms with van der Waals surface area (Å²) in [5, 5.41) is 28.2. The maximum absolute atomic E-state index is 11.0. The molecule has 0 aliphatic carbocycles. The second-order valence-corrected chi connectivity index (χ2v) is 5.54. The van der Waals surface area contributed by atoms with E-state index in [1.165, 1.54) is 12.1 Å². The third-order valence-corrected chi connectivity index (χ3v) is 3.51. The number of carboxylic acid groups (broad SMARTS) is 1. The molecule has 1 rings (SSSR count). The number of rotatable bonds is 6. The predicted octanol–water partition coefficient (Wildman–Crippen LogP) is 3.65. The molecule has 0 aromatic heterocycles. The van der Waals surface area contributed by atoms with Gasteiger partial charge in [-0.15, -0.1) is 0 Å². The Balaban J connectivity index is 3.09. The number of phenols is 2. The zero-order valence-electron chi connectivity index (χ0n) is 11.7. The number of carbonyl (C=O) groups is 1. The molecule has 0 bridgehead atoms. The molecular formula is C15H22O4. The summed E-state index contributed by atoms with van der Waals surface area (Å²) in [6.45, 7) is 6.15. The van der Waals surface area contributed by atoms with Gasteiger partial charge in [-0.25, -0.2) is 4.79 Å². The molecule has 4 nitrogen and oxygen atoms in total. The summed E-state index contributed by atoms with van der Waals surface area (Å²) < 4.78 is 0. The lowest BCUT2D eigenvalue weighted by molar-refractivity contribution is 0.0692. The van der Waals surface area contributed by atoms with Crippen LogP contribution in [0.25, 0.3) is 0 Å². The highest BCUT2D eigenvalue weighted by Gasteiger charge is 2.24. The van der Waals surface area contributed by atoms with Crippen molar-refractivity contribution in [2.24, 2.45) is 0 Å². The third kappa shape index (κ3) is 3.63. The Labute approximate surface area is 113 Å². The van der Waals surface area contributed by atoms with Crippen molar-refractivity contribution in [1.82, 2.24) is 0 Å². The number of hydrogen-bond donors (Lipinski definition) is 3. The first-order chi connectivity index (χ1) is 8.79. The summed E-state index contributed by atoms with van der Waals surface area (Å²) in [5.41, 5.74) is 0.250. The minimum Gasteiger partial charge on any atom is -0.504 e. The molecule has 0 saturated carbocycles. The highest BCUT2D eigenvalue weighted by atomic mass is 16.4. The number of hydrogen-bond acceptors (Lipinski definition) is 3. The molecule has 19 heavy (non-hydrogen) atoms. The maximum Gasteiger partial charge on any atom is 0.339 e. The van der Waals surface area contributed by atoms with Crippen LogP contribution in [0.15, 0.2) is 12.1 Å². The molecule has 0 aliphatic heterocycles. The van der Waals surface area contributed by atoms with Gasteiger partial charge in [0.05, 0.1) is 0 Å². The molecule has 1 aromatic carbocycles. The molecule has 0 amide bonds. The van der Waals surface area contributed by atoms with E-state index >= 15 is 0 Å². The molecular weight excluding hydrogens is 244 g/mol. The van der Waals surface area contributed by atoms with Crippen molar-refractivity contribution in [1.29, 1.82) is 0 Å². The summed E-state index contributed by atoms with van der Waals surface area (Å²) in [6, 6.07) is 2.90. The lowest BCUT2D eigenvalue weighted by atomic mass is 9.79. The fourth-order valence-corrected chi connectivity index (χ4v) is 2.13. The van der Waals surface area contributed by atoms with Gasteiger partial charge in [0.15, 0.2) is 11.5 Å². The van der Waals surface area contributed by atoms with Crippen molar-refractivity contribution in [3.8, 4) is 11.5 Å². The average molecular weight is 266 g/mol. The molecule has 0 unspecified atom stereocenters. The molecule has 106 valence electrons. The van der Waals surface area contributed by atoms with Crippen LogP contribution < -0.4 is 0 Å². The number of aromatic carboxylic acids is 1. The molecule has 0 aliphatic rings. The van der Waals surface area contributed by atoms with Crippen LogP contribution in [0.3, 0.4) is 0 Å². The minimum absolute atomic E-state index is 0.232. The van der Waals surface area contributed by atoms with Gasteiger partial charge in [0.1, 0.15) is 5.56 Å². The normalized spacial score (nSPS) is 11.5. The van der Waals surface area contributed by atoms with Crippen molar-refractivity contribution in [3.05, 3.63) is 23.3 Å². The molecule has 0 atom stereocenters. The lowest BCUT2D eigenvalue weighted by Gasteiger charge is -2.26. The van der Waals surface area contributed by atoms with E-state index in [0.29, 0.717) is 0 Å². The van der Waals surface area contributed by atoms with E-state index in [2.05, 4.69) is 6.92 Å². The van der Waals surface area contributed by atoms with Crippen molar-refractivity contribution >= 4 is 5.97 Å². The average Bonchev–Trinajstić information content (AvgIpc) is 2.32. The Morgan fingerprint density at radius 3 is 2.37 bits per heavy atom. The van der Waals surface area contributed by atoms with Crippen LogP contribution in [0.2, 0.25) is 0 Å². The molecule has 3 N–H and O–H groups in total. The van der Waals surface area contributed by atoms with Gasteiger partial charge < -0.3 is 15.3 Å². The largest absolute Gasteiger partial charge is 0.504 e. The quantitative estimate of drug-likeness (QED) is 0.542.